The summed E-state index contributed by atoms with van der Waals surface area (Å²) in [6, 6.07) is 11.4. The number of carbonyl (C=O) groups excluding carboxylic acids is 2. The van der Waals surface area contributed by atoms with Crippen LogP contribution in [0.1, 0.15) is 93.3 Å². The number of carbonyl (C=O) groups is 2. The fourth-order valence-corrected chi connectivity index (χ4v) is 13.3. The molecule has 4 fully saturated rings. The number of amides is 1. The van der Waals surface area contributed by atoms with Crippen LogP contribution in [0.15, 0.2) is 76.7 Å². The zero-order chi connectivity index (χ0) is 44.0. The molecule has 1 aliphatic heterocycles. The van der Waals surface area contributed by atoms with E-state index in [-0.39, 0.29) is 70.1 Å². The van der Waals surface area contributed by atoms with Gasteiger partial charge in [0.25, 0.3) is 0 Å². The Labute approximate surface area is 365 Å². The van der Waals surface area contributed by atoms with Crippen LogP contribution in [0.4, 0.5) is 13.2 Å². The summed E-state index contributed by atoms with van der Waals surface area (Å²) in [5, 5.41) is 24.4. The molecule has 0 radical (unpaired) electrons. The molecule has 1 saturated heterocycles. The summed E-state index contributed by atoms with van der Waals surface area (Å²) in [6.07, 6.45) is 7.16. The summed E-state index contributed by atoms with van der Waals surface area (Å²) in [5.74, 6) is 0.351. The summed E-state index contributed by atoms with van der Waals surface area (Å²) in [6.45, 7) is 5.47. The number of benzene rings is 2. The molecule has 6 aliphatic carbocycles. The van der Waals surface area contributed by atoms with E-state index in [2.05, 4.69) is 32.1 Å². The van der Waals surface area contributed by atoms with E-state index >= 15 is 4.79 Å². The molecule has 9 nitrogen and oxygen atoms in total. The predicted molar refractivity (Wildman–Crippen MR) is 226 cm³/mol. The van der Waals surface area contributed by atoms with E-state index in [4.69, 9.17) is 30.2 Å². The Bertz CT molecular complexity index is 2340. The van der Waals surface area contributed by atoms with Gasteiger partial charge in [0.1, 0.15) is 5.76 Å². The average Bonchev–Trinajstić information content (AvgIpc) is 4.00. The molecule has 2 aromatic carbocycles. The molecule has 9 unspecified atom stereocenters. The number of ether oxygens (including phenoxy) is 3. The monoisotopic (exact) mass is 877 g/mol. The van der Waals surface area contributed by atoms with Crippen molar-refractivity contribution in [3.63, 3.8) is 0 Å². The molecular weight excluding hydrogens is 823 g/mol. The zero-order valence-electron chi connectivity index (χ0n) is 35.7. The van der Waals surface area contributed by atoms with E-state index in [9.17, 15) is 28.2 Å². The molecule has 2 N–H and O–H groups in total. The number of furan rings is 1. The number of aliphatic hydroxyl groups is 2. The Morgan fingerprint density at radius 1 is 0.919 bits per heavy atom. The second-order valence-electron chi connectivity index (χ2n) is 19.3. The van der Waals surface area contributed by atoms with Gasteiger partial charge in [-0.1, -0.05) is 49.7 Å². The number of nitrogens with zero attached hydrogens (tertiary/aromatic N) is 1. The molecule has 9 atom stereocenters. The van der Waals surface area contributed by atoms with Crippen LogP contribution in [-0.4, -0.2) is 78.5 Å². The zero-order valence-corrected chi connectivity index (χ0v) is 36.4. The van der Waals surface area contributed by atoms with Gasteiger partial charge in [0, 0.05) is 40.5 Å². The van der Waals surface area contributed by atoms with Gasteiger partial charge in [0.15, 0.2) is 17.3 Å². The van der Waals surface area contributed by atoms with Gasteiger partial charge in [-0.05, 0) is 123 Å². The minimum absolute atomic E-state index is 0.0149. The number of hydrogen-bond acceptors (Lipinski definition) is 8. The Kier molecular flexibility index (Phi) is 10.6. The molecule has 62 heavy (non-hydrogen) atoms. The lowest BCUT2D eigenvalue weighted by Crippen LogP contribution is -2.67. The van der Waals surface area contributed by atoms with Crippen LogP contribution in [-0.2, 0) is 22.1 Å². The SMILES string of the molecule is COc1ccc(CC(=O)N(CC2CCCO2)CC2(O)CCC3C45C=CC6(C=C4C(=O)c4ccc(-c7cc(C(F)(F)F)ccc7Cl)o4)CC(O)CCC6(C)C5CCC32C)cc1OC. The van der Waals surface area contributed by atoms with Crippen molar-refractivity contribution in [1.82, 2.24) is 4.90 Å². The second kappa shape index (κ2) is 15.3. The first-order valence-corrected chi connectivity index (χ1v) is 22.2. The smallest absolute Gasteiger partial charge is 0.416 e. The maximum atomic E-state index is 15.2. The summed E-state index contributed by atoms with van der Waals surface area (Å²) < 4.78 is 64.4. The molecule has 2 heterocycles. The standard InChI is InChI=1S/C49H55ClF3NO8/c1-44-16-13-31(55)25-46(44)19-20-48(34(26-46)43(57)38-12-11-36(62-38)33-24-30(49(51,52)53)8-9-35(33)50)40(44)14-17-45(2)41(48)15-18-47(45,58)28-54(27-32-6-5-21-61-32)42(56)23-29-7-10-37(59-3)39(22-29)60-4/h7-12,19-20,22,24,26,31-32,40-41,55,58H,5-6,13-18,21,23,25,27-28H2,1-4H3. The highest BCUT2D eigenvalue weighted by Gasteiger charge is 2.74. The number of ketones is 1. The quantitative estimate of drug-likeness (QED) is 0.145. The van der Waals surface area contributed by atoms with Crippen molar-refractivity contribution in [2.45, 2.75) is 102 Å². The summed E-state index contributed by atoms with van der Waals surface area (Å²) in [7, 11) is 3.11. The number of halogens is 4. The van der Waals surface area contributed by atoms with Crippen molar-refractivity contribution in [2.75, 3.05) is 33.9 Å². The molecule has 13 heteroatoms. The highest BCUT2D eigenvalue weighted by Crippen LogP contribution is 2.78. The second-order valence-corrected chi connectivity index (χ2v) is 19.7. The predicted octanol–water partition coefficient (Wildman–Crippen LogP) is 9.66. The molecule has 332 valence electrons. The van der Waals surface area contributed by atoms with Crippen LogP contribution >= 0.6 is 11.6 Å². The molecule has 2 bridgehead atoms. The summed E-state index contributed by atoms with van der Waals surface area (Å²) >= 11 is 6.41. The van der Waals surface area contributed by atoms with Crippen LogP contribution < -0.4 is 9.47 Å². The molecule has 2 spiro atoms. The fraction of sp³-hybridized carbons (Fsp3) is 0.551. The molecular formula is C49H55ClF3NO8. The number of alkyl halides is 3. The van der Waals surface area contributed by atoms with Gasteiger partial charge in [0.2, 0.25) is 11.7 Å². The molecule has 10 rings (SSSR count). The average molecular weight is 878 g/mol. The highest BCUT2D eigenvalue weighted by molar-refractivity contribution is 6.33. The van der Waals surface area contributed by atoms with Crippen LogP contribution in [0.2, 0.25) is 5.02 Å². The third-order valence-corrected chi connectivity index (χ3v) is 16.7. The molecule has 3 aromatic rings. The van der Waals surface area contributed by atoms with Gasteiger partial charge in [-0.15, -0.1) is 0 Å². The molecule has 3 saturated carbocycles. The van der Waals surface area contributed by atoms with Gasteiger partial charge < -0.3 is 33.7 Å². The topological polar surface area (TPSA) is 119 Å². The number of rotatable bonds is 11. The van der Waals surface area contributed by atoms with E-state index in [0.717, 1.165) is 37.0 Å². The van der Waals surface area contributed by atoms with Crippen molar-refractivity contribution >= 4 is 23.3 Å². The Balaban J connectivity index is 1.08. The van der Waals surface area contributed by atoms with Gasteiger partial charge in [-0.3, -0.25) is 9.59 Å². The number of allylic oxidation sites excluding steroid dienone is 4. The Morgan fingerprint density at radius 3 is 2.39 bits per heavy atom. The lowest BCUT2D eigenvalue weighted by atomic mass is 9.32. The number of hydrogen-bond donors (Lipinski definition) is 2. The first-order valence-electron chi connectivity index (χ1n) is 21.9. The number of fused-ring (bicyclic) bond motifs is 1. The third-order valence-electron chi connectivity index (χ3n) is 16.4. The molecule has 1 amide bonds. The third kappa shape index (κ3) is 6.59. The van der Waals surface area contributed by atoms with Crippen molar-refractivity contribution in [1.29, 1.82) is 0 Å². The van der Waals surface area contributed by atoms with Crippen molar-refractivity contribution in [3.8, 4) is 22.8 Å². The number of Topliss-reactive ketones (excluding diaryl/α,β-unsaturated/α-hetero) is 1. The summed E-state index contributed by atoms with van der Waals surface area (Å²) in [5.41, 5.74) is -3.39. The van der Waals surface area contributed by atoms with E-state index in [1.165, 1.54) is 18.2 Å². The van der Waals surface area contributed by atoms with Gasteiger partial charge in [0.05, 0.1) is 55.6 Å². The van der Waals surface area contributed by atoms with Crippen molar-refractivity contribution in [2.24, 2.45) is 33.5 Å². The normalized spacial score (nSPS) is 34.6. The van der Waals surface area contributed by atoms with E-state index in [1.807, 2.05) is 6.07 Å². The van der Waals surface area contributed by atoms with Gasteiger partial charge in [-0.2, -0.15) is 13.2 Å². The Morgan fingerprint density at radius 2 is 1.66 bits per heavy atom. The highest BCUT2D eigenvalue weighted by atomic mass is 35.5. The largest absolute Gasteiger partial charge is 0.493 e. The van der Waals surface area contributed by atoms with Crippen LogP contribution in [0, 0.1) is 33.5 Å². The minimum atomic E-state index is -4.61. The van der Waals surface area contributed by atoms with E-state index in [1.54, 1.807) is 31.3 Å². The molecule has 7 aliphatic rings. The maximum absolute atomic E-state index is 15.2. The van der Waals surface area contributed by atoms with Gasteiger partial charge >= 0.3 is 6.18 Å². The van der Waals surface area contributed by atoms with Crippen LogP contribution in [0.3, 0.4) is 0 Å². The molecule has 1 aromatic heterocycles. The lowest BCUT2D eigenvalue weighted by Gasteiger charge is -2.71. The van der Waals surface area contributed by atoms with E-state index in [0.29, 0.717) is 68.7 Å². The fourth-order valence-electron chi connectivity index (χ4n) is 13.1. The first kappa shape index (κ1) is 43.2. The number of aliphatic hydroxyl groups excluding tert-OH is 1. The number of methoxy groups -OCH3 is 2. The first-order chi connectivity index (χ1) is 29.4. The van der Waals surface area contributed by atoms with Crippen LogP contribution in [0.25, 0.3) is 11.3 Å². The minimum Gasteiger partial charge on any atom is -0.493 e. The maximum Gasteiger partial charge on any atom is 0.416 e. The van der Waals surface area contributed by atoms with E-state index < -0.39 is 39.7 Å². The lowest BCUT2D eigenvalue weighted by molar-refractivity contribution is -0.179. The van der Waals surface area contributed by atoms with Crippen molar-refractivity contribution in [3.05, 3.63) is 94.2 Å². The summed E-state index contributed by atoms with van der Waals surface area (Å²) in [4.78, 5) is 31.4. The van der Waals surface area contributed by atoms with Gasteiger partial charge in [-0.25, -0.2) is 0 Å². The van der Waals surface area contributed by atoms with Crippen molar-refractivity contribution < 1.29 is 51.6 Å². The van der Waals surface area contributed by atoms with Crippen LogP contribution in [0.5, 0.6) is 11.5 Å². The Hall–Kier alpha value is -4.10.